The molecule has 0 radical (unpaired) electrons. The van der Waals surface area contributed by atoms with Crippen molar-refractivity contribution in [3.05, 3.63) is 49.1 Å². The van der Waals surface area contributed by atoms with E-state index in [1.54, 1.807) is 12.5 Å². The van der Waals surface area contributed by atoms with E-state index in [9.17, 15) is 0 Å². The molecule has 0 spiro atoms. The van der Waals surface area contributed by atoms with Crippen LogP contribution in [-0.2, 0) is 13.1 Å². The third-order valence-corrected chi connectivity index (χ3v) is 2.82. The van der Waals surface area contributed by atoms with E-state index in [-0.39, 0.29) is 0 Å². The summed E-state index contributed by atoms with van der Waals surface area (Å²) in [6.45, 7) is 1.52. The van der Waals surface area contributed by atoms with Gasteiger partial charge in [0.2, 0.25) is 0 Å². The van der Waals surface area contributed by atoms with E-state index >= 15 is 0 Å². The van der Waals surface area contributed by atoms with Gasteiger partial charge in [-0.25, -0.2) is 4.98 Å². The molecule has 6 heteroatoms. The lowest BCUT2D eigenvalue weighted by atomic mass is 10.2. The number of anilines is 1. The smallest absolute Gasteiger partial charge is 0.181 e. The molecule has 0 unspecified atom stereocenters. The first-order valence-corrected chi connectivity index (χ1v) is 6.04. The number of aromatic nitrogens is 5. The Hall–Kier alpha value is -2.63. The second-order valence-electron chi connectivity index (χ2n) is 4.22. The maximum atomic E-state index is 5.66. The third kappa shape index (κ3) is 2.62. The molecule has 0 fully saturated rings. The summed E-state index contributed by atoms with van der Waals surface area (Å²) in [4.78, 5) is 4.30. The van der Waals surface area contributed by atoms with Gasteiger partial charge in [-0.05, 0) is 30.3 Å². The fraction of sp³-hybridized carbons (Fsp3) is 0.154. The molecule has 0 aliphatic carbocycles. The summed E-state index contributed by atoms with van der Waals surface area (Å²) < 4.78 is 3.68. The third-order valence-electron chi connectivity index (χ3n) is 2.82. The molecule has 2 aromatic heterocycles. The second kappa shape index (κ2) is 4.93. The van der Waals surface area contributed by atoms with Gasteiger partial charge in [0.05, 0.1) is 13.1 Å². The molecule has 0 saturated heterocycles. The van der Waals surface area contributed by atoms with E-state index in [2.05, 4.69) is 15.2 Å². The van der Waals surface area contributed by atoms with Crippen LogP contribution in [0.4, 0.5) is 5.69 Å². The van der Waals surface area contributed by atoms with Crippen molar-refractivity contribution in [3.8, 4) is 11.4 Å². The summed E-state index contributed by atoms with van der Waals surface area (Å²) in [5.74, 6) is 0.709. The van der Waals surface area contributed by atoms with Gasteiger partial charge >= 0.3 is 0 Å². The molecule has 96 valence electrons. The second-order valence-corrected chi connectivity index (χ2v) is 4.22. The first kappa shape index (κ1) is 11.5. The number of nitrogens with two attached hydrogens (primary N) is 1. The van der Waals surface area contributed by atoms with Crippen molar-refractivity contribution in [2.75, 3.05) is 5.73 Å². The Morgan fingerprint density at radius 1 is 1.05 bits per heavy atom. The molecule has 0 amide bonds. The number of benzene rings is 1. The van der Waals surface area contributed by atoms with Gasteiger partial charge in [-0.1, -0.05) is 0 Å². The Balaban J connectivity index is 1.70. The van der Waals surface area contributed by atoms with Crippen LogP contribution in [0.25, 0.3) is 11.4 Å². The summed E-state index contributed by atoms with van der Waals surface area (Å²) in [7, 11) is 0. The minimum absolute atomic E-state index is 0.709. The van der Waals surface area contributed by atoms with Gasteiger partial charge in [-0.3, -0.25) is 9.36 Å². The Kier molecular flexibility index (Phi) is 2.97. The van der Waals surface area contributed by atoms with Gasteiger partial charge in [-0.15, -0.1) is 0 Å². The van der Waals surface area contributed by atoms with E-state index in [4.69, 9.17) is 5.73 Å². The Morgan fingerprint density at radius 2 is 1.84 bits per heavy atom. The minimum atomic E-state index is 0.709. The van der Waals surface area contributed by atoms with Crippen molar-refractivity contribution in [2.45, 2.75) is 13.1 Å². The predicted molar refractivity (Wildman–Crippen MR) is 72.1 cm³/mol. The van der Waals surface area contributed by atoms with Crippen molar-refractivity contribution < 1.29 is 0 Å². The molecular weight excluding hydrogens is 240 g/mol. The largest absolute Gasteiger partial charge is 0.399 e. The molecule has 6 nitrogen and oxygen atoms in total. The topological polar surface area (TPSA) is 74.5 Å². The van der Waals surface area contributed by atoms with Crippen LogP contribution in [-0.4, -0.2) is 24.5 Å². The van der Waals surface area contributed by atoms with E-state index in [0.29, 0.717) is 5.82 Å². The molecule has 0 aliphatic heterocycles. The molecule has 3 rings (SSSR count). The molecule has 0 bridgehead atoms. The number of nitrogen functional groups attached to an aromatic ring is 1. The summed E-state index contributed by atoms with van der Waals surface area (Å²) in [6.07, 6.45) is 5.42. The SMILES string of the molecule is Nc1ccc(-c2ncn(CCn3cccn3)n2)cc1. The molecule has 0 saturated carbocycles. The number of hydrogen-bond donors (Lipinski definition) is 1. The first-order valence-electron chi connectivity index (χ1n) is 6.04. The average molecular weight is 254 g/mol. The lowest BCUT2D eigenvalue weighted by Crippen LogP contribution is -2.08. The van der Waals surface area contributed by atoms with Crippen LogP contribution in [0.2, 0.25) is 0 Å². The zero-order valence-corrected chi connectivity index (χ0v) is 10.3. The number of aryl methyl sites for hydroxylation is 2. The number of nitrogens with zero attached hydrogens (tertiary/aromatic N) is 5. The predicted octanol–water partition coefficient (Wildman–Crippen LogP) is 1.42. The van der Waals surface area contributed by atoms with Gasteiger partial charge in [0, 0.05) is 23.6 Å². The van der Waals surface area contributed by atoms with Crippen molar-refractivity contribution in [1.29, 1.82) is 0 Å². The molecular formula is C13H14N6. The standard InChI is InChI=1S/C13H14N6/c14-12-4-2-11(3-5-12)13-15-10-19(17-13)9-8-18-7-1-6-16-18/h1-7,10H,8-9,14H2. The van der Waals surface area contributed by atoms with Gasteiger partial charge < -0.3 is 5.73 Å². The van der Waals surface area contributed by atoms with Crippen molar-refractivity contribution in [1.82, 2.24) is 24.5 Å². The summed E-state index contributed by atoms with van der Waals surface area (Å²) >= 11 is 0. The highest BCUT2D eigenvalue weighted by Gasteiger charge is 2.04. The number of hydrogen-bond acceptors (Lipinski definition) is 4. The molecule has 2 heterocycles. The summed E-state index contributed by atoms with van der Waals surface area (Å²) in [5, 5.41) is 8.58. The van der Waals surface area contributed by atoms with Crippen LogP contribution in [0.1, 0.15) is 0 Å². The fourth-order valence-electron chi connectivity index (χ4n) is 1.80. The molecule has 1 aromatic carbocycles. The van der Waals surface area contributed by atoms with Crippen LogP contribution in [0.15, 0.2) is 49.1 Å². The van der Waals surface area contributed by atoms with Crippen LogP contribution in [0, 0.1) is 0 Å². The quantitative estimate of drug-likeness (QED) is 0.715. The average Bonchev–Trinajstić information content (AvgIpc) is 3.09. The Bertz CT molecular complexity index is 638. The Labute approximate surface area is 110 Å². The fourth-order valence-corrected chi connectivity index (χ4v) is 1.80. The summed E-state index contributed by atoms with van der Waals surface area (Å²) in [5.41, 5.74) is 7.36. The molecule has 2 N–H and O–H groups in total. The van der Waals surface area contributed by atoms with Gasteiger partial charge in [0.15, 0.2) is 5.82 Å². The van der Waals surface area contributed by atoms with Crippen LogP contribution >= 0.6 is 0 Å². The molecule has 3 aromatic rings. The molecule has 0 aliphatic rings. The van der Waals surface area contributed by atoms with E-state index < -0.39 is 0 Å². The lowest BCUT2D eigenvalue weighted by molar-refractivity contribution is 0.500. The van der Waals surface area contributed by atoms with Gasteiger partial charge in [0.1, 0.15) is 6.33 Å². The highest BCUT2D eigenvalue weighted by atomic mass is 15.3. The normalized spacial score (nSPS) is 10.7. The summed E-state index contributed by atoms with van der Waals surface area (Å²) in [6, 6.07) is 9.44. The van der Waals surface area contributed by atoms with Crippen molar-refractivity contribution in [3.63, 3.8) is 0 Å². The van der Waals surface area contributed by atoms with Crippen molar-refractivity contribution in [2.24, 2.45) is 0 Å². The zero-order valence-electron chi connectivity index (χ0n) is 10.3. The van der Waals surface area contributed by atoms with Crippen LogP contribution < -0.4 is 5.73 Å². The maximum absolute atomic E-state index is 5.66. The molecule has 19 heavy (non-hydrogen) atoms. The lowest BCUT2D eigenvalue weighted by Gasteiger charge is -2.01. The maximum Gasteiger partial charge on any atom is 0.181 e. The first-order chi connectivity index (χ1) is 9.31. The van der Waals surface area contributed by atoms with Crippen molar-refractivity contribution >= 4 is 5.69 Å². The van der Waals surface area contributed by atoms with E-state index in [1.807, 2.05) is 45.9 Å². The van der Waals surface area contributed by atoms with Gasteiger partial charge in [-0.2, -0.15) is 10.2 Å². The highest BCUT2D eigenvalue weighted by Crippen LogP contribution is 2.15. The van der Waals surface area contributed by atoms with Crippen LogP contribution in [0.5, 0.6) is 0 Å². The van der Waals surface area contributed by atoms with E-state index in [0.717, 1.165) is 24.3 Å². The number of rotatable bonds is 4. The minimum Gasteiger partial charge on any atom is -0.399 e. The van der Waals surface area contributed by atoms with Gasteiger partial charge in [0.25, 0.3) is 0 Å². The zero-order chi connectivity index (χ0) is 13.1. The van der Waals surface area contributed by atoms with Crippen LogP contribution in [0.3, 0.4) is 0 Å². The molecule has 0 atom stereocenters. The highest BCUT2D eigenvalue weighted by molar-refractivity contribution is 5.57. The Morgan fingerprint density at radius 3 is 2.58 bits per heavy atom. The van der Waals surface area contributed by atoms with E-state index in [1.165, 1.54) is 0 Å². The monoisotopic (exact) mass is 254 g/mol.